The number of piperazine rings is 1. The Morgan fingerprint density at radius 2 is 1.77 bits per heavy atom. The third kappa shape index (κ3) is 6.93. The number of halogens is 1. The zero-order valence-corrected chi connectivity index (χ0v) is 21.2. The summed E-state index contributed by atoms with van der Waals surface area (Å²) in [7, 11) is 5.88. The molecule has 1 aromatic carbocycles. The number of aliphatic imine (C=N–C) groups is 1. The van der Waals surface area contributed by atoms with E-state index in [1.807, 2.05) is 18.2 Å². The number of hydrogen-bond donors (Lipinski definition) is 1. The molecule has 1 saturated heterocycles. The Kier molecular flexibility index (Phi) is 10.3. The molecule has 2 heterocycles. The van der Waals surface area contributed by atoms with Crippen molar-refractivity contribution in [2.24, 2.45) is 4.99 Å². The second-order valence-corrected chi connectivity index (χ2v) is 7.47. The van der Waals surface area contributed by atoms with Gasteiger partial charge in [0.1, 0.15) is 5.75 Å². The van der Waals surface area contributed by atoms with E-state index in [2.05, 4.69) is 63.1 Å². The van der Waals surface area contributed by atoms with Crippen LogP contribution in [0.25, 0.3) is 0 Å². The summed E-state index contributed by atoms with van der Waals surface area (Å²) in [6, 6.07) is 10.3. The van der Waals surface area contributed by atoms with Crippen molar-refractivity contribution in [2.45, 2.75) is 13.0 Å². The smallest absolute Gasteiger partial charge is 0.225 e. The van der Waals surface area contributed by atoms with Crippen LogP contribution >= 0.6 is 24.0 Å². The average molecular weight is 539 g/mol. The lowest BCUT2D eigenvalue weighted by Crippen LogP contribution is -2.53. The highest BCUT2D eigenvalue weighted by Gasteiger charge is 2.22. The van der Waals surface area contributed by atoms with Crippen molar-refractivity contribution in [2.75, 3.05) is 65.4 Å². The third-order valence-electron chi connectivity index (χ3n) is 5.29. The number of anilines is 1. The number of nitrogens with zero attached hydrogens (tertiary/aromatic N) is 6. The molecule has 3 rings (SSSR count). The van der Waals surface area contributed by atoms with E-state index in [0.717, 1.165) is 50.4 Å². The van der Waals surface area contributed by atoms with Crippen LogP contribution in [0.1, 0.15) is 18.5 Å². The van der Waals surface area contributed by atoms with Gasteiger partial charge in [-0.15, -0.1) is 24.0 Å². The van der Waals surface area contributed by atoms with Crippen molar-refractivity contribution in [3.05, 3.63) is 48.3 Å². The minimum atomic E-state index is 0. The first kappa shape index (κ1) is 25.1. The van der Waals surface area contributed by atoms with Crippen LogP contribution in [0.5, 0.6) is 5.75 Å². The predicted molar refractivity (Wildman–Crippen MR) is 137 cm³/mol. The minimum absolute atomic E-state index is 0. The number of benzene rings is 1. The molecule has 2 aromatic rings. The largest absolute Gasteiger partial charge is 0.497 e. The Labute approximate surface area is 202 Å². The Hall–Kier alpha value is -2.14. The van der Waals surface area contributed by atoms with Crippen LogP contribution in [0.15, 0.2) is 47.7 Å². The molecule has 1 fully saturated rings. The molecule has 8 nitrogen and oxygen atoms in total. The standard InChI is InChI=1S/C22H33N7O.HI/c1-5-23-21(28-13-15-29(16-14-28)22-24-11-6-12-25-22)26-17-20(27(2)3)18-7-9-19(30-4)10-8-18;/h6-12,20H,5,13-17H2,1-4H3,(H,23,26);1H. The SMILES string of the molecule is CCNC(=NCC(c1ccc(OC)cc1)N(C)C)N1CCN(c2ncccn2)CC1.I. The van der Waals surface area contributed by atoms with E-state index in [4.69, 9.17) is 9.73 Å². The van der Waals surface area contributed by atoms with Crippen molar-refractivity contribution < 1.29 is 4.74 Å². The van der Waals surface area contributed by atoms with Crippen molar-refractivity contribution in [1.29, 1.82) is 0 Å². The Morgan fingerprint density at radius 1 is 1.13 bits per heavy atom. The van der Waals surface area contributed by atoms with Gasteiger partial charge in [0.15, 0.2) is 5.96 Å². The summed E-state index contributed by atoms with van der Waals surface area (Å²) in [6.07, 6.45) is 3.58. The van der Waals surface area contributed by atoms with E-state index in [1.54, 1.807) is 19.5 Å². The lowest BCUT2D eigenvalue weighted by Gasteiger charge is -2.36. The van der Waals surface area contributed by atoms with Crippen LogP contribution in [0.4, 0.5) is 5.95 Å². The van der Waals surface area contributed by atoms with Gasteiger partial charge < -0.3 is 24.8 Å². The molecule has 1 unspecified atom stereocenters. The number of guanidine groups is 1. The van der Waals surface area contributed by atoms with E-state index in [1.165, 1.54) is 5.56 Å². The predicted octanol–water partition coefficient (Wildman–Crippen LogP) is 2.49. The lowest BCUT2D eigenvalue weighted by atomic mass is 10.1. The van der Waals surface area contributed by atoms with E-state index in [9.17, 15) is 0 Å². The topological polar surface area (TPSA) is 69.1 Å². The normalized spacial score (nSPS) is 15.5. The molecule has 0 aliphatic carbocycles. The number of ether oxygens (including phenoxy) is 1. The summed E-state index contributed by atoms with van der Waals surface area (Å²) >= 11 is 0. The molecule has 9 heteroatoms. The van der Waals surface area contributed by atoms with Gasteiger partial charge in [0, 0.05) is 45.1 Å². The molecule has 31 heavy (non-hydrogen) atoms. The first-order chi connectivity index (χ1) is 14.6. The molecule has 0 bridgehead atoms. The van der Waals surface area contributed by atoms with E-state index < -0.39 is 0 Å². The average Bonchev–Trinajstić information content (AvgIpc) is 2.79. The molecule has 0 saturated carbocycles. The monoisotopic (exact) mass is 539 g/mol. The number of rotatable bonds is 7. The second-order valence-electron chi connectivity index (χ2n) is 7.47. The summed E-state index contributed by atoms with van der Waals surface area (Å²) in [6.45, 7) is 7.17. The summed E-state index contributed by atoms with van der Waals surface area (Å²) in [5, 5.41) is 3.46. The van der Waals surface area contributed by atoms with Gasteiger partial charge in [-0.1, -0.05) is 12.1 Å². The molecule has 0 radical (unpaired) electrons. The summed E-state index contributed by atoms with van der Waals surface area (Å²) < 4.78 is 5.29. The van der Waals surface area contributed by atoms with Gasteiger partial charge in [0.25, 0.3) is 0 Å². The summed E-state index contributed by atoms with van der Waals surface area (Å²) in [5.74, 6) is 2.63. The number of hydrogen-bond acceptors (Lipinski definition) is 6. The van der Waals surface area contributed by atoms with Gasteiger partial charge in [-0.25, -0.2) is 9.97 Å². The summed E-state index contributed by atoms with van der Waals surface area (Å²) in [5.41, 5.74) is 1.23. The zero-order chi connectivity index (χ0) is 21.3. The fourth-order valence-corrected chi connectivity index (χ4v) is 3.56. The molecule has 1 aromatic heterocycles. The summed E-state index contributed by atoms with van der Waals surface area (Å²) in [4.78, 5) is 20.5. The molecule has 1 N–H and O–H groups in total. The lowest BCUT2D eigenvalue weighted by molar-refractivity contribution is 0.303. The van der Waals surface area contributed by atoms with E-state index in [0.29, 0.717) is 6.54 Å². The minimum Gasteiger partial charge on any atom is -0.497 e. The zero-order valence-electron chi connectivity index (χ0n) is 18.9. The van der Waals surface area contributed by atoms with Crippen LogP contribution in [0.2, 0.25) is 0 Å². The van der Waals surface area contributed by atoms with Gasteiger partial charge in [0.2, 0.25) is 5.95 Å². The number of methoxy groups -OCH3 is 1. The van der Waals surface area contributed by atoms with E-state index >= 15 is 0 Å². The Balaban J connectivity index is 0.00000341. The van der Waals surface area contributed by atoms with Gasteiger partial charge in [-0.2, -0.15) is 0 Å². The Bertz CT molecular complexity index is 793. The quantitative estimate of drug-likeness (QED) is 0.330. The van der Waals surface area contributed by atoms with Crippen LogP contribution in [0.3, 0.4) is 0 Å². The first-order valence-electron chi connectivity index (χ1n) is 10.5. The molecule has 170 valence electrons. The van der Waals surface area contributed by atoms with Crippen LogP contribution in [0, 0.1) is 0 Å². The maximum absolute atomic E-state index is 5.29. The second kappa shape index (κ2) is 12.7. The van der Waals surface area contributed by atoms with E-state index in [-0.39, 0.29) is 30.0 Å². The Morgan fingerprint density at radius 3 is 2.32 bits per heavy atom. The van der Waals surface area contributed by atoms with Gasteiger partial charge in [0.05, 0.1) is 19.7 Å². The van der Waals surface area contributed by atoms with Crippen LogP contribution in [-0.2, 0) is 0 Å². The fraction of sp³-hybridized carbons (Fsp3) is 0.500. The highest BCUT2D eigenvalue weighted by Crippen LogP contribution is 2.22. The fourth-order valence-electron chi connectivity index (χ4n) is 3.56. The number of likely N-dealkylation sites (N-methyl/N-ethyl adjacent to an activating group) is 1. The van der Waals surface area contributed by atoms with Gasteiger partial charge in [-0.3, -0.25) is 4.99 Å². The van der Waals surface area contributed by atoms with Crippen molar-refractivity contribution in [1.82, 2.24) is 25.1 Å². The number of aromatic nitrogens is 2. The third-order valence-corrected chi connectivity index (χ3v) is 5.29. The molecular formula is C22H34IN7O. The highest BCUT2D eigenvalue weighted by atomic mass is 127. The maximum atomic E-state index is 5.29. The van der Waals surface area contributed by atoms with Crippen LogP contribution < -0.4 is 15.0 Å². The highest BCUT2D eigenvalue weighted by molar-refractivity contribution is 14.0. The molecule has 1 aliphatic rings. The van der Waals surface area contributed by atoms with Crippen molar-refractivity contribution >= 4 is 35.9 Å². The molecule has 1 atom stereocenters. The van der Waals surface area contributed by atoms with Gasteiger partial charge >= 0.3 is 0 Å². The molecule has 1 aliphatic heterocycles. The van der Waals surface area contributed by atoms with Crippen molar-refractivity contribution in [3.63, 3.8) is 0 Å². The molecule has 0 amide bonds. The maximum Gasteiger partial charge on any atom is 0.225 e. The number of nitrogens with one attached hydrogen (secondary N) is 1. The molecular weight excluding hydrogens is 505 g/mol. The van der Waals surface area contributed by atoms with Gasteiger partial charge in [-0.05, 0) is 44.8 Å². The van der Waals surface area contributed by atoms with Crippen LogP contribution in [-0.4, -0.2) is 86.2 Å². The molecule has 0 spiro atoms. The van der Waals surface area contributed by atoms with Crippen molar-refractivity contribution in [3.8, 4) is 5.75 Å². The first-order valence-corrected chi connectivity index (χ1v) is 10.5.